The van der Waals surface area contributed by atoms with Gasteiger partial charge in [0.1, 0.15) is 5.69 Å². The first-order valence-electron chi connectivity index (χ1n) is 5.57. The van der Waals surface area contributed by atoms with Gasteiger partial charge in [0.15, 0.2) is 0 Å². The SMILES string of the molecule is CNc1nc(C)c([N+](=O)[O-])c(-n2cc(C(F)(F)F)cn2)n1. The minimum absolute atomic E-state index is 0.0124. The van der Waals surface area contributed by atoms with Gasteiger partial charge >= 0.3 is 11.9 Å². The molecule has 0 bridgehead atoms. The molecule has 2 aromatic heterocycles. The summed E-state index contributed by atoms with van der Waals surface area (Å²) in [6.07, 6.45) is -3.39. The van der Waals surface area contributed by atoms with E-state index in [2.05, 4.69) is 20.4 Å². The van der Waals surface area contributed by atoms with Gasteiger partial charge in [0.25, 0.3) is 0 Å². The van der Waals surface area contributed by atoms with Gasteiger partial charge in [0, 0.05) is 13.2 Å². The van der Waals surface area contributed by atoms with E-state index in [1.807, 2.05) is 0 Å². The average molecular weight is 302 g/mol. The van der Waals surface area contributed by atoms with Crippen LogP contribution in [0.25, 0.3) is 5.82 Å². The fourth-order valence-corrected chi connectivity index (χ4v) is 1.62. The van der Waals surface area contributed by atoms with E-state index in [0.717, 1.165) is 0 Å². The summed E-state index contributed by atoms with van der Waals surface area (Å²) >= 11 is 0. The van der Waals surface area contributed by atoms with Crippen molar-refractivity contribution in [1.29, 1.82) is 0 Å². The van der Waals surface area contributed by atoms with E-state index in [9.17, 15) is 23.3 Å². The molecule has 112 valence electrons. The van der Waals surface area contributed by atoms with Crippen LogP contribution in [0.3, 0.4) is 0 Å². The van der Waals surface area contributed by atoms with Gasteiger partial charge < -0.3 is 5.32 Å². The zero-order valence-electron chi connectivity index (χ0n) is 10.8. The lowest BCUT2D eigenvalue weighted by Gasteiger charge is -2.07. The third-order valence-electron chi connectivity index (χ3n) is 2.57. The maximum atomic E-state index is 12.6. The number of nitrogens with zero attached hydrogens (tertiary/aromatic N) is 5. The predicted molar refractivity (Wildman–Crippen MR) is 65.1 cm³/mol. The molecule has 8 nitrogen and oxygen atoms in total. The number of nitrogens with one attached hydrogen (secondary N) is 1. The number of halogens is 3. The monoisotopic (exact) mass is 302 g/mol. The van der Waals surface area contributed by atoms with Crippen molar-refractivity contribution in [2.45, 2.75) is 13.1 Å². The van der Waals surface area contributed by atoms with Crippen LogP contribution in [0.15, 0.2) is 12.4 Å². The molecule has 0 radical (unpaired) electrons. The van der Waals surface area contributed by atoms with Crippen LogP contribution < -0.4 is 5.32 Å². The van der Waals surface area contributed by atoms with Crippen molar-refractivity contribution in [3.8, 4) is 5.82 Å². The van der Waals surface area contributed by atoms with Crippen molar-refractivity contribution >= 4 is 11.6 Å². The summed E-state index contributed by atoms with van der Waals surface area (Å²) in [7, 11) is 1.48. The third-order valence-corrected chi connectivity index (χ3v) is 2.57. The largest absolute Gasteiger partial charge is 0.419 e. The highest BCUT2D eigenvalue weighted by Gasteiger charge is 2.33. The molecule has 0 saturated heterocycles. The van der Waals surface area contributed by atoms with Gasteiger partial charge in [-0.1, -0.05) is 0 Å². The fraction of sp³-hybridized carbons (Fsp3) is 0.300. The van der Waals surface area contributed by atoms with Gasteiger partial charge in [0.05, 0.1) is 16.7 Å². The molecule has 1 N–H and O–H groups in total. The summed E-state index contributed by atoms with van der Waals surface area (Å²) in [5.74, 6) is -0.301. The Morgan fingerprint density at radius 1 is 1.38 bits per heavy atom. The second-order valence-corrected chi connectivity index (χ2v) is 3.98. The number of anilines is 1. The Morgan fingerprint density at radius 3 is 2.52 bits per heavy atom. The molecule has 0 aliphatic rings. The second-order valence-electron chi connectivity index (χ2n) is 3.98. The molecular formula is C10H9F3N6O2. The number of rotatable bonds is 3. The number of aromatic nitrogens is 4. The number of alkyl halides is 3. The number of hydrogen-bond donors (Lipinski definition) is 1. The Morgan fingerprint density at radius 2 is 2.05 bits per heavy atom. The van der Waals surface area contributed by atoms with Crippen LogP contribution in [0.2, 0.25) is 0 Å². The van der Waals surface area contributed by atoms with Crippen molar-refractivity contribution in [3.63, 3.8) is 0 Å². The van der Waals surface area contributed by atoms with Gasteiger partial charge in [0.2, 0.25) is 11.8 Å². The van der Waals surface area contributed by atoms with Crippen molar-refractivity contribution in [2.24, 2.45) is 0 Å². The molecule has 0 aromatic carbocycles. The van der Waals surface area contributed by atoms with Crippen molar-refractivity contribution in [1.82, 2.24) is 19.7 Å². The zero-order valence-corrected chi connectivity index (χ0v) is 10.8. The third kappa shape index (κ3) is 2.75. The molecule has 21 heavy (non-hydrogen) atoms. The van der Waals surface area contributed by atoms with E-state index in [0.29, 0.717) is 17.1 Å². The van der Waals surface area contributed by atoms with Gasteiger partial charge in [-0.3, -0.25) is 10.1 Å². The zero-order chi connectivity index (χ0) is 15.8. The van der Waals surface area contributed by atoms with Gasteiger partial charge in [-0.15, -0.1) is 0 Å². The maximum Gasteiger partial charge on any atom is 0.419 e. The summed E-state index contributed by atoms with van der Waals surface area (Å²) in [5, 5.41) is 17.1. The average Bonchev–Trinajstić information content (AvgIpc) is 2.86. The van der Waals surface area contributed by atoms with Crippen LogP contribution in [0, 0.1) is 17.0 Å². The number of hydrogen-bond acceptors (Lipinski definition) is 6. The van der Waals surface area contributed by atoms with Crippen molar-refractivity contribution < 1.29 is 18.1 Å². The van der Waals surface area contributed by atoms with Crippen LogP contribution in [0.5, 0.6) is 0 Å². The van der Waals surface area contributed by atoms with E-state index in [4.69, 9.17) is 0 Å². The van der Waals surface area contributed by atoms with Crippen LogP contribution in [0.1, 0.15) is 11.3 Å². The van der Waals surface area contributed by atoms with E-state index >= 15 is 0 Å². The van der Waals surface area contributed by atoms with Crippen LogP contribution in [0.4, 0.5) is 24.8 Å². The number of nitro groups is 1. The highest BCUT2D eigenvalue weighted by atomic mass is 19.4. The highest BCUT2D eigenvalue weighted by Crippen LogP contribution is 2.31. The van der Waals surface area contributed by atoms with Crippen LogP contribution in [-0.4, -0.2) is 31.7 Å². The summed E-state index contributed by atoms with van der Waals surface area (Å²) in [5.41, 5.74) is -1.52. The highest BCUT2D eigenvalue weighted by molar-refractivity contribution is 5.53. The first kappa shape index (κ1) is 14.7. The van der Waals surface area contributed by atoms with Crippen LogP contribution in [-0.2, 0) is 6.18 Å². The minimum Gasteiger partial charge on any atom is -0.357 e. The molecular weight excluding hydrogens is 293 g/mol. The Bertz CT molecular complexity index is 697. The summed E-state index contributed by atoms with van der Waals surface area (Å²) in [4.78, 5) is 17.9. The van der Waals surface area contributed by atoms with E-state index in [-0.39, 0.29) is 17.5 Å². The molecule has 0 fully saturated rings. The molecule has 2 rings (SSSR count). The smallest absolute Gasteiger partial charge is 0.357 e. The van der Waals surface area contributed by atoms with E-state index in [1.54, 1.807) is 0 Å². The lowest BCUT2D eigenvalue weighted by molar-refractivity contribution is -0.385. The summed E-state index contributed by atoms with van der Waals surface area (Å²) in [6, 6.07) is 0. The van der Waals surface area contributed by atoms with E-state index < -0.39 is 22.4 Å². The molecule has 0 unspecified atom stereocenters. The molecule has 0 aliphatic heterocycles. The second kappa shape index (κ2) is 5.00. The molecule has 0 saturated carbocycles. The Labute approximate surface area is 115 Å². The van der Waals surface area contributed by atoms with E-state index in [1.165, 1.54) is 14.0 Å². The molecule has 0 amide bonds. The van der Waals surface area contributed by atoms with Crippen molar-refractivity contribution in [2.75, 3.05) is 12.4 Å². The van der Waals surface area contributed by atoms with Gasteiger partial charge in [-0.25, -0.2) is 9.67 Å². The molecule has 0 atom stereocenters. The molecule has 2 heterocycles. The Balaban J connectivity index is 2.64. The standard InChI is InChI=1S/C10H9F3N6O2/c1-5-7(19(20)21)8(17-9(14-2)16-5)18-4-6(3-15-18)10(11,12)13/h3-4H,1-2H3,(H,14,16,17). The summed E-state index contributed by atoms with van der Waals surface area (Å²) in [6.45, 7) is 1.36. The minimum atomic E-state index is -4.60. The van der Waals surface area contributed by atoms with Gasteiger partial charge in [-0.2, -0.15) is 23.3 Å². The Kier molecular flexibility index (Phi) is 3.49. The van der Waals surface area contributed by atoms with Gasteiger partial charge in [-0.05, 0) is 6.92 Å². The molecule has 2 aromatic rings. The molecule has 0 spiro atoms. The first-order chi connectivity index (χ1) is 9.74. The fourth-order valence-electron chi connectivity index (χ4n) is 1.62. The lowest BCUT2D eigenvalue weighted by Crippen LogP contribution is -2.10. The lowest BCUT2D eigenvalue weighted by atomic mass is 10.3. The maximum absolute atomic E-state index is 12.6. The topological polar surface area (TPSA) is 98.8 Å². The normalized spacial score (nSPS) is 11.5. The Hall–Kier alpha value is -2.72. The van der Waals surface area contributed by atoms with Crippen molar-refractivity contribution in [3.05, 3.63) is 33.8 Å². The predicted octanol–water partition coefficient (Wildman–Crippen LogP) is 1.94. The molecule has 0 aliphatic carbocycles. The quantitative estimate of drug-likeness (QED) is 0.687. The molecule has 11 heteroatoms. The number of aryl methyl sites for hydroxylation is 1. The first-order valence-corrected chi connectivity index (χ1v) is 5.57. The summed E-state index contributed by atoms with van der Waals surface area (Å²) < 4.78 is 38.4. The van der Waals surface area contributed by atoms with Crippen LogP contribution >= 0.6 is 0 Å².